The van der Waals surface area contributed by atoms with Crippen LogP contribution in [0.15, 0.2) is 65.4 Å². The van der Waals surface area contributed by atoms with Crippen molar-refractivity contribution in [2.75, 3.05) is 7.11 Å². The average Bonchev–Trinajstić information content (AvgIpc) is 3.39. The summed E-state index contributed by atoms with van der Waals surface area (Å²) < 4.78 is 10.9. The second-order valence-electron chi connectivity index (χ2n) is 6.85. The molecule has 6 heteroatoms. The molecule has 1 aliphatic carbocycles. The van der Waals surface area contributed by atoms with E-state index in [2.05, 4.69) is 15.6 Å². The van der Waals surface area contributed by atoms with Crippen molar-refractivity contribution in [1.82, 2.24) is 15.6 Å². The van der Waals surface area contributed by atoms with Crippen LogP contribution in [-0.2, 0) is 12.8 Å². The predicted octanol–water partition coefficient (Wildman–Crippen LogP) is 3.95. The van der Waals surface area contributed by atoms with Gasteiger partial charge in [0.1, 0.15) is 18.1 Å². The van der Waals surface area contributed by atoms with Crippen LogP contribution in [-0.4, -0.2) is 18.1 Å². The second kappa shape index (κ2) is 8.17. The van der Waals surface area contributed by atoms with E-state index < -0.39 is 0 Å². The van der Waals surface area contributed by atoms with Gasteiger partial charge in [0, 0.05) is 6.42 Å². The van der Waals surface area contributed by atoms with Crippen molar-refractivity contribution >= 4 is 6.03 Å². The molecule has 4 rings (SSSR count). The maximum atomic E-state index is 12.7. The van der Waals surface area contributed by atoms with Crippen LogP contribution in [0.1, 0.15) is 41.1 Å². The molecule has 1 aliphatic rings. The number of carbonyl (C=O) groups excluding carboxylic acids is 1. The summed E-state index contributed by atoms with van der Waals surface area (Å²) >= 11 is 0. The molecule has 1 heterocycles. The first kappa shape index (κ1) is 18.1. The SMILES string of the molecule is COc1cccc2c1CCC2NC(=O)NC(Cc1ccccc1)c1ncco1. The molecule has 3 aromatic rings. The number of amides is 2. The molecule has 0 bridgehead atoms. The maximum absolute atomic E-state index is 12.7. The van der Waals surface area contributed by atoms with E-state index in [1.165, 1.54) is 11.8 Å². The molecule has 1 aromatic heterocycles. The fraction of sp³-hybridized carbons (Fsp3) is 0.273. The number of carbonyl (C=O) groups is 1. The van der Waals surface area contributed by atoms with Crippen LogP contribution < -0.4 is 15.4 Å². The molecular weight excluding hydrogens is 354 g/mol. The molecule has 144 valence electrons. The van der Waals surface area contributed by atoms with E-state index in [9.17, 15) is 4.79 Å². The summed E-state index contributed by atoms with van der Waals surface area (Å²) in [5, 5.41) is 6.11. The minimum absolute atomic E-state index is 0.0352. The quantitative estimate of drug-likeness (QED) is 0.682. The van der Waals surface area contributed by atoms with Gasteiger partial charge in [-0.3, -0.25) is 0 Å². The zero-order chi connectivity index (χ0) is 19.3. The second-order valence-corrected chi connectivity index (χ2v) is 6.85. The molecule has 0 aliphatic heterocycles. The first-order chi connectivity index (χ1) is 13.7. The van der Waals surface area contributed by atoms with Gasteiger partial charge in [-0.25, -0.2) is 9.78 Å². The topological polar surface area (TPSA) is 76.4 Å². The van der Waals surface area contributed by atoms with Crippen LogP contribution in [0.2, 0.25) is 0 Å². The monoisotopic (exact) mass is 377 g/mol. The summed E-state index contributed by atoms with van der Waals surface area (Å²) in [7, 11) is 1.67. The van der Waals surface area contributed by atoms with Crippen LogP contribution in [0.5, 0.6) is 5.75 Å². The largest absolute Gasteiger partial charge is 0.496 e. The summed E-state index contributed by atoms with van der Waals surface area (Å²) in [6, 6.07) is 15.3. The molecule has 0 spiro atoms. The number of rotatable bonds is 6. The summed E-state index contributed by atoms with van der Waals surface area (Å²) in [5.41, 5.74) is 3.39. The molecule has 2 unspecified atom stereocenters. The van der Waals surface area contributed by atoms with E-state index in [1.807, 2.05) is 48.5 Å². The lowest BCUT2D eigenvalue weighted by Crippen LogP contribution is -2.40. The number of urea groups is 1. The van der Waals surface area contributed by atoms with Gasteiger partial charge in [0.2, 0.25) is 5.89 Å². The Labute approximate surface area is 163 Å². The van der Waals surface area contributed by atoms with Crippen LogP contribution in [0.3, 0.4) is 0 Å². The van der Waals surface area contributed by atoms with E-state index in [0.29, 0.717) is 12.3 Å². The lowest BCUT2D eigenvalue weighted by molar-refractivity contribution is 0.230. The number of aromatic nitrogens is 1. The van der Waals surface area contributed by atoms with Gasteiger partial charge in [0.05, 0.1) is 19.3 Å². The molecule has 0 fully saturated rings. The van der Waals surface area contributed by atoms with Crippen LogP contribution in [0.25, 0.3) is 0 Å². The Kier molecular flexibility index (Phi) is 5.28. The molecular formula is C22H23N3O3. The standard InChI is InChI=1S/C22H23N3O3/c1-27-20-9-5-8-16-17(20)10-11-18(16)24-22(26)25-19(21-23-12-13-28-21)14-15-6-3-2-4-7-15/h2-9,12-13,18-19H,10-11,14H2,1H3,(H2,24,25,26). The number of nitrogens with one attached hydrogen (secondary N) is 2. The molecule has 0 radical (unpaired) electrons. The predicted molar refractivity (Wildman–Crippen MR) is 105 cm³/mol. The first-order valence-corrected chi connectivity index (χ1v) is 9.40. The molecule has 0 saturated carbocycles. The fourth-order valence-electron chi connectivity index (χ4n) is 3.78. The van der Waals surface area contributed by atoms with E-state index >= 15 is 0 Å². The van der Waals surface area contributed by atoms with Gasteiger partial charge in [0.15, 0.2) is 0 Å². The number of methoxy groups -OCH3 is 1. The molecule has 28 heavy (non-hydrogen) atoms. The maximum Gasteiger partial charge on any atom is 0.315 e. The highest BCUT2D eigenvalue weighted by Gasteiger charge is 2.27. The molecule has 2 N–H and O–H groups in total. The average molecular weight is 377 g/mol. The number of hydrogen-bond donors (Lipinski definition) is 2. The van der Waals surface area contributed by atoms with Crippen molar-refractivity contribution in [1.29, 1.82) is 0 Å². The van der Waals surface area contributed by atoms with Crippen LogP contribution >= 0.6 is 0 Å². The third kappa shape index (κ3) is 3.86. The van der Waals surface area contributed by atoms with Crippen LogP contribution in [0.4, 0.5) is 4.79 Å². The van der Waals surface area contributed by atoms with Gasteiger partial charge >= 0.3 is 6.03 Å². The Morgan fingerprint density at radius 2 is 2.11 bits per heavy atom. The van der Waals surface area contributed by atoms with Gasteiger partial charge < -0.3 is 19.8 Å². The number of hydrogen-bond acceptors (Lipinski definition) is 4. The number of ether oxygens (including phenoxy) is 1. The lowest BCUT2D eigenvalue weighted by Gasteiger charge is -2.19. The van der Waals surface area contributed by atoms with Crippen molar-refractivity contribution in [2.45, 2.75) is 31.3 Å². The normalized spacial score (nSPS) is 16.2. The van der Waals surface area contributed by atoms with Crippen molar-refractivity contribution in [3.05, 3.63) is 83.6 Å². The summed E-state index contributed by atoms with van der Waals surface area (Å²) in [6.45, 7) is 0. The Balaban J connectivity index is 1.46. The van der Waals surface area contributed by atoms with E-state index in [1.54, 1.807) is 13.3 Å². The van der Waals surface area contributed by atoms with E-state index in [4.69, 9.17) is 9.15 Å². The van der Waals surface area contributed by atoms with Gasteiger partial charge in [-0.15, -0.1) is 0 Å². The van der Waals surface area contributed by atoms with E-state index in [-0.39, 0.29) is 18.1 Å². The number of nitrogens with zero attached hydrogens (tertiary/aromatic N) is 1. The molecule has 6 nitrogen and oxygen atoms in total. The van der Waals surface area contributed by atoms with Crippen molar-refractivity contribution in [2.24, 2.45) is 0 Å². The highest BCUT2D eigenvalue weighted by atomic mass is 16.5. The zero-order valence-electron chi connectivity index (χ0n) is 15.7. The minimum Gasteiger partial charge on any atom is -0.496 e. The Hall–Kier alpha value is -3.28. The Bertz CT molecular complexity index is 925. The Morgan fingerprint density at radius 1 is 1.25 bits per heavy atom. The number of fused-ring (bicyclic) bond motifs is 1. The van der Waals surface area contributed by atoms with Crippen molar-refractivity contribution in [3.8, 4) is 5.75 Å². The third-order valence-corrected chi connectivity index (χ3v) is 5.09. The zero-order valence-corrected chi connectivity index (χ0v) is 15.7. The molecule has 0 saturated heterocycles. The van der Waals surface area contributed by atoms with E-state index in [0.717, 1.165) is 29.7 Å². The minimum atomic E-state index is -0.344. The van der Waals surface area contributed by atoms with Crippen molar-refractivity contribution < 1.29 is 13.9 Å². The van der Waals surface area contributed by atoms with Gasteiger partial charge in [-0.05, 0) is 35.6 Å². The first-order valence-electron chi connectivity index (χ1n) is 9.40. The van der Waals surface area contributed by atoms with Gasteiger partial charge in [-0.1, -0.05) is 42.5 Å². The van der Waals surface area contributed by atoms with Crippen molar-refractivity contribution in [3.63, 3.8) is 0 Å². The summed E-state index contributed by atoms with van der Waals surface area (Å²) in [5.74, 6) is 1.37. The number of oxazole rings is 1. The Morgan fingerprint density at radius 3 is 2.86 bits per heavy atom. The molecule has 2 amide bonds. The fourth-order valence-corrected chi connectivity index (χ4v) is 3.78. The van der Waals surface area contributed by atoms with Crippen LogP contribution in [0, 0.1) is 0 Å². The smallest absolute Gasteiger partial charge is 0.315 e. The van der Waals surface area contributed by atoms with Gasteiger partial charge in [0.25, 0.3) is 0 Å². The van der Waals surface area contributed by atoms with Gasteiger partial charge in [-0.2, -0.15) is 0 Å². The third-order valence-electron chi connectivity index (χ3n) is 5.09. The highest BCUT2D eigenvalue weighted by molar-refractivity contribution is 5.75. The lowest BCUT2D eigenvalue weighted by atomic mass is 10.1. The number of benzene rings is 2. The molecule has 2 atom stereocenters. The highest BCUT2D eigenvalue weighted by Crippen LogP contribution is 2.36. The summed E-state index contributed by atoms with van der Waals surface area (Å²) in [4.78, 5) is 17.0. The molecule has 2 aromatic carbocycles. The summed E-state index contributed by atoms with van der Waals surface area (Å²) in [6.07, 6.45) is 5.45.